The van der Waals surface area contributed by atoms with Crippen LogP contribution in [0.3, 0.4) is 0 Å². The number of carbonyl (C=O) groups is 1. The fourth-order valence-electron chi connectivity index (χ4n) is 4.30. The van der Waals surface area contributed by atoms with Gasteiger partial charge in [-0.2, -0.15) is 0 Å². The molecule has 3 aromatic carbocycles. The predicted octanol–water partition coefficient (Wildman–Crippen LogP) is 5.86. The Morgan fingerprint density at radius 3 is 2.48 bits per heavy atom. The molecule has 1 amide bonds. The number of thiophene rings is 1. The molecule has 1 aromatic heterocycles. The van der Waals surface area contributed by atoms with Crippen LogP contribution in [0.5, 0.6) is 11.5 Å². The molecule has 1 fully saturated rings. The third kappa shape index (κ3) is 4.85. The molecule has 1 N–H and O–H groups in total. The molecule has 0 aliphatic carbocycles. The van der Waals surface area contributed by atoms with E-state index in [0.29, 0.717) is 6.54 Å². The number of nitrogens with zero attached hydrogens (tertiary/aromatic N) is 1. The van der Waals surface area contributed by atoms with E-state index >= 15 is 0 Å². The van der Waals surface area contributed by atoms with Crippen molar-refractivity contribution in [3.05, 3.63) is 108 Å². The number of piperazine rings is 1. The Bertz CT molecular complexity index is 1210. The number of rotatable bonds is 6. The van der Waals surface area contributed by atoms with Crippen molar-refractivity contribution in [2.45, 2.75) is 12.5 Å². The third-order valence-corrected chi connectivity index (χ3v) is 6.87. The van der Waals surface area contributed by atoms with Gasteiger partial charge in [0.2, 0.25) is 0 Å². The van der Waals surface area contributed by atoms with Crippen LogP contribution < -0.4 is 10.1 Å². The second-order valence-electron chi connectivity index (χ2n) is 8.12. The fraction of sp³-hybridized carbons (Fsp3) is 0.179. The van der Waals surface area contributed by atoms with Crippen LogP contribution in [0.25, 0.3) is 10.4 Å². The smallest absolute Gasteiger partial charge is 0.255 e. The zero-order valence-electron chi connectivity index (χ0n) is 18.3. The number of nitrogens with one attached hydrogen (secondary N) is 1. The van der Waals surface area contributed by atoms with Crippen molar-refractivity contribution in [3.8, 4) is 21.9 Å². The first-order chi connectivity index (χ1) is 16.3. The van der Waals surface area contributed by atoms with Crippen LogP contribution in [0.15, 0.2) is 96.4 Å². The van der Waals surface area contributed by atoms with Gasteiger partial charge in [0, 0.05) is 31.2 Å². The minimum atomic E-state index is 0.0863. The zero-order chi connectivity index (χ0) is 22.5. The molecule has 5 rings (SSSR count). The predicted molar refractivity (Wildman–Crippen MR) is 134 cm³/mol. The number of amides is 1. The van der Waals surface area contributed by atoms with Gasteiger partial charge in [0.05, 0.1) is 10.4 Å². The summed E-state index contributed by atoms with van der Waals surface area (Å²) in [5.74, 6) is 1.61. The van der Waals surface area contributed by atoms with Crippen LogP contribution in [0.4, 0.5) is 0 Å². The summed E-state index contributed by atoms with van der Waals surface area (Å²) < 4.78 is 6.19. The van der Waals surface area contributed by atoms with E-state index in [9.17, 15) is 4.79 Å². The maximum Gasteiger partial charge on any atom is 0.255 e. The van der Waals surface area contributed by atoms with Crippen LogP contribution in [0.2, 0.25) is 0 Å². The van der Waals surface area contributed by atoms with Crippen LogP contribution in [-0.2, 0) is 6.42 Å². The maximum atomic E-state index is 13.8. The highest BCUT2D eigenvalue weighted by molar-refractivity contribution is 7.14. The summed E-state index contributed by atoms with van der Waals surface area (Å²) in [5, 5.41) is 5.45. The van der Waals surface area contributed by atoms with Gasteiger partial charge in [-0.25, -0.2) is 0 Å². The monoisotopic (exact) mass is 454 g/mol. The highest BCUT2D eigenvalue weighted by Crippen LogP contribution is 2.39. The van der Waals surface area contributed by atoms with Crippen molar-refractivity contribution in [1.29, 1.82) is 0 Å². The minimum Gasteiger partial charge on any atom is -0.457 e. The molecule has 0 spiro atoms. The molecule has 1 aliphatic rings. The normalized spacial score (nSPS) is 15.9. The highest BCUT2D eigenvalue weighted by atomic mass is 32.1. The van der Waals surface area contributed by atoms with E-state index in [1.54, 1.807) is 11.3 Å². The fourth-order valence-corrected chi connectivity index (χ4v) is 5.21. The van der Waals surface area contributed by atoms with Crippen LogP contribution >= 0.6 is 11.3 Å². The van der Waals surface area contributed by atoms with Gasteiger partial charge in [-0.05, 0) is 47.7 Å². The lowest BCUT2D eigenvalue weighted by atomic mass is 10.0. The molecule has 0 radical (unpaired) electrons. The Balaban J connectivity index is 1.43. The Morgan fingerprint density at radius 2 is 1.67 bits per heavy atom. The second kappa shape index (κ2) is 10.0. The molecule has 33 heavy (non-hydrogen) atoms. The zero-order valence-corrected chi connectivity index (χ0v) is 19.1. The van der Waals surface area contributed by atoms with Gasteiger partial charge in [0.1, 0.15) is 11.5 Å². The van der Waals surface area contributed by atoms with Crippen molar-refractivity contribution in [1.82, 2.24) is 10.2 Å². The molecular formula is C28H26N2O2S. The summed E-state index contributed by atoms with van der Waals surface area (Å²) in [4.78, 5) is 16.8. The van der Waals surface area contributed by atoms with E-state index < -0.39 is 0 Å². The third-order valence-electron chi connectivity index (χ3n) is 5.92. The topological polar surface area (TPSA) is 41.6 Å². The molecule has 2 heterocycles. The first-order valence-electron chi connectivity index (χ1n) is 11.2. The first kappa shape index (κ1) is 21.4. The molecule has 5 heteroatoms. The van der Waals surface area contributed by atoms with Gasteiger partial charge < -0.3 is 15.0 Å². The Kier molecular flexibility index (Phi) is 6.51. The summed E-state index contributed by atoms with van der Waals surface area (Å²) in [6.07, 6.45) is 0.840. The number of para-hydroxylation sites is 2. The highest BCUT2D eigenvalue weighted by Gasteiger charge is 2.30. The van der Waals surface area contributed by atoms with E-state index in [0.717, 1.165) is 47.0 Å². The van der Waals surface area contributed by atoms with Gasteiger partial charge in [0.15, 0.2) is 0 Å². The number of hydrogen-bond acceptors (Lipinski definition) is 4. The summed E-state index contributed by atoms with van der Waals surface area (Å²) in [6.45, 7) is 2.31. The van der Waals surface area contributed by atoms with E-state index in [-0.39, 0.29) is 11.9 Å². The van der Waals surface area contributed by atoms with Gasteiger partial charge in [0.25, 0.3) is 5.91 Å². The van der Waals surface area contributed by atoms with Crippen LogP contribution in [0.1, 0.15) is 15.9 Å². The summed E-state index contributed by atoms with van der Waals surface area (Å²) >= 11 is 1.58. The minimum absolute atomic E-state index is 0.0863. The summed E-state index contributed by atoms with van der Waals surface area (Å²) in [7, 11) is 0. The van der Waals surface area contributed by atoms with E-state index in [4.69, 9.17) is 4.74 Å². The standard InChI is InChI=1S/C28H26N2O2S/c31-28(30-17-16-29-20-22(30)19-21-9-3-1-4-10-21)25-15-18-33-27(25)24-13-7-8-14-26(24)32-23-11-5-2-6-12-23/h1-15,18,22,29H,16-17,19-20H2. The van der Waals surface area contributed by atoms with Crippen molar-refractivity contribution < 1.29 is 9.53 Å². The van der Waals surface area contributed by atoms with Crippen molar-refractivity contribution in [3.63, 3.8) is 0 Å². The molecule has 1 aliphatic heterocycles. The van der Waals surface area contributed by atoms with Crippen molar-refractivity contribution in [2.24, 2.45) is 0 Å². The summed E-state index contributed by atoms with van der Waals surface area (Å²) in [6, 6.07) is 30.1. The molecule has 0 bridgehead atoms. The van der Waals surface area contributed by atoms with Gasteiger partial charge in [-0.15, -0.1) is 11.3 Å². The lowest BCUT2D eigenvalue weighted by molar-refractivity contribution is 0.0637. The van der Waals surface area contributed by atoms with E-state index in [1.807, 2.05) is 77.0 Å². The van der Waals surface area contributed by atoms with Gasteiger partial charge in [-0.1, -0.05) is 60.7 Å². The molecule has 1 atom stereocenters. The molecule has 1 unspecified atom stereocenters. The van der Waals surface area contributed by atoms with Crippen LogP contribution in [0, 0.1) is 0 Å². The second-order valence-corrected chi connectivity index (χ2v) is 9.04. The van der Waals surface area contributed by atoms with Gasteiger partial charge in [-0.3, -0.25) is 4.79 Å². The Morgan fingerprint density at radius 1 is 0.939 bits per heavy atom. The van der Waals surface area contributed by atoms with E-state index in [2.05, 4.69) is 29.6 Å². The van der Waals surface area contributed by atoms with Gasteiger partial charge >= 0.3 is 0 Å². The van der Waals surface area contributed by atoms with Crippen molar-refractivity contribution in [2.75, 3.05) is 19.6 Å². The maximum absolute atomic E-state index is 13.8. The lowest BCUT2D eigenvalue weighted by Gasteiger charge is -2.36. The van der Waals surface area contributed by atoms with E-state index in [1.165, 1.54) is 5.56 Å². The number of benzene rings is 3. The quantitative estimate of drug-likeness (QED) is 0.397. The average molecular weight is 455 g/mol. The molecule has 4 aromatic rings. The number of hydrogen-bond donors (Lipinski definition) is 1. The molecule has 0 saturated carbocycles. The molecule has 1 saturated heterocycles. The Hall–Kier alpha value is -3.41. The number of carbonyl (C=O) groups excluding carboxylic acids is 1. The lowest BCUT2D eigenvalue weighted by Crippen LogP contribution is -2.54. The van der Waals surface area contributed by atoms with Crippen LogP contribution in [-0.4, -0.2) is 36.5 Å². The average Bonchev–Trinajstić information content (AvgIpc) is 3.35. The Labute approximate surface area is 198 Å². The molecular weight excluding hydrogens is 428 g/mol. The first-order valence-corrected chi connectivity index (χ1v) is 12.1. The molecule has 4 nitrogen and oxygen atoms in total. The largest absolute Gasteiger partial charge is 0.457 e. The summed E-state index contributed by atoms with van der Waals surface area (Å²) in [5.41, 5.74) is 2.93. The SMILES string of the molecule is O=C(c1ccsc1-c1ccccc1Oc1ccccc1)N1CCNCC1Cc1ccccc1. The number of ether oxygens (including phenoxy) is 1. The van der Waals surface area contributed by atoms with Crippen molar-refractivity contribution >= 4 is 17.2 Å². The molecule has 166 valence electrons.